The summed E-state index contributed by atoms with van der Waals surface area (Å²) in [6.45, 7) is 4.85. The minimum absolute atomic E-state index is 0.890. The zero-order valence-electron chi connectivity index (χ0n) is 11.8. The highest BCUT2D eigenvalue weighted by atomic mass is 32.1. The molecule has 0 aromatic carbocycles. The topological polar surface area (TPSA) is 28.2 Å². The summed E-state index contributed by atoms with van der Waals surface area (Å²) >= 11 is 1.87. The molecular formula is C15H21N3S. The van der Waals surface area contributed by atoms with Crippen molar-refractivity contribution in [2.75, 3.05) is 14.1 Å². The lowest BCUT2D eigenvalue weighted by atomic mass is 10.3. The molecule has 0 unspecified atom stereocenters. The Bertz CT molecular complexity index is 522. The van der Waals surface area contributed by atoms with Crippen LogP contribution in [0.5, 0.6) is 0 Å². The number of nitrogens with one attached hydrogen (secondary N) is 1. The van der Waals surface area contributed by atoms with E-state index in [1.54, 1.807) is 0 Å². The third kappa shape index (κ3) is 4.42. The first-order valence-corrected chi connectivity index (χ1v) is 7.32. The molecule has 0 amide bonds. The predicted molar refractivity (Wildman–Crippen MR) is 81.2 cm³/mol. The number of thiophene rings is 1. The van der Waals surface area contributed by atoms with Crippen molar-refractivity contribution in [3.05, 3.63) is 51.5 Å². The smallest absolute Gasteiger partial charge is 0.0547 e. The highest BCUT2D eigenvalue weighted by Gasteiger charge is 2.05. The second kappa shape index (κ2) is 6.80. The van der Waals surface area contributed by atoms with Gasteiger partial charge in [0.05, 0.1) is 5.69 Å². The largest absolute Gasteiger partial charge is 0.315 e. The van der Waals surface area contributed by atoms with Crippen LogP contribution in [0, 0.1) is 6.92 Å². The van der Waals surface area contributed by atoms with E-state index in [0.717, 1.165) is 31.0 Å². The molecule has 102 valence electrons. The van der Waals surface area contributed by atoms with E-state index in [1.165, 1.54) is 9.75 Å². The van der Waals surface area contributed by atoms with Crippen LogP contribution in [0.1, 0.15) is 21.1 Å². The molecule has 19 heavy (non-hydrogen) atoms. The molecule has 0 spiro atoms. The van der Waals surface area contributed by atoms with Crippen molar-refractivity contribution < 1.29 is 0 Å². The molecule has 2 aromatic heterocycles. The zero-order chi connectivity index (χ0) is 13.7. The standard InChI is InChI=1S/C15H21N3S/c1-12-5-4-6-13(17-12)10-18(3)11-15-8-7-14(19-15)9-16-2/h4-8,16H,9-11H2,1-3H3. The Kier molecular flexibility index (Phi) is 5.07. The van der Waals surface area contributed by atoms with Gasteiger partial charge < -0.3 is 5.32 Å². The molecule has 0 aliphatic carbocycles. The second-order valence-electron chi connectivity index (χ2n) is 4.84. The van der Waals surface area contributed by atoms with Gasteiger partial charge in [0.15, 0.2) is 0 Å². The fourth-order valence-electron chi connectivity index (χ4n) is 2.06. The van der Waals surface area contributed by atoms with Crippen LogP contribution >= 0.6 is 11.3 Å². The number of nitrogens with zero attached hydrogens (tertiary/aromatic N) is 2. The molecule has 0 saturated carbocycles. The summed E-state index contributed by atoms with van der Waals surface area (Å²) in [5, 5.41) is 3.18. The number of hydrogen-bond acceptors (Lipinski definition) is 4. The Labute approximate surface area is 119 Å². The summed E-state index contributed by atoms with van der Waals surface area (Å²) in [7, 11) is 4.12. The Hall–Kier alpha value is -1.23. The van der Waals surface area contributed by atoms with E-state index >= 15 is 0 Å². The van der Waals surface area contributed by atoms with E-state index in [2.05, 4.69) is 46.5 Å². The van der Waals surface area contributed by atoms with E-state index in [0.29, 0.717) is 0 Å². The van der Waals surface area contributed by atoms with Crippen LogP contribution in [0.25, 0.3) is 0 Å². The summed E-state index contributed by atoms with van der Waals surface area (Å²) in [5.41, 5.74) is 2.22. The highest BCUT2D eigenvalue weighted by Crippen LogP contribution is 2.18. The third-order valence-corrected chi connectivity index (χ3v) is 3.94. The summed E-state index contributed by atoms with van der Waals surface area (Å²) in [5.74, 6) is 0. The average molecular weight is 275 g/mol. The Morgan fingerprint density at radius 2 is 1.95 bits per heavy atom. The van der Waals surface area contributed by atoms with Crippen LogP contribution < -0.4 is 5.32 Å². The van der Waals surface area contributed by atoms with Crippen LogP contribution in [0.3, 0.4) is 0 Å². The molecule has 0 atom stereocenters. The maximum Gasteiger partial charge on any atom is 0.0547 e. The fraction of sp³-hybridized carbons (Fsp3) is 0.400. The monoisotopic (exact) mass is 275 g/mol. The van der Waals surface area contributed by atoms with Gasteiger partial charge in [-0.2, -0.15) is 0 Å². The molecule has 3 nitrogen and oxygen atoms in total. The number of pyridine rings is 1. The molecule has 4 heteroatoms. The van der Waals surface area contributed by atoms with E-state index in [1.807, 2.05) is 31.4 Å². The molecule has 0 radical (unpaired) electrons. The third-order valence-electron chi connectivity index (χ3n) is 2.87. The van der Waals surface area contributed by atoms with Crippen LogP contribution in [0.15, 0.2) is 30.3 Å². The van der Waals surface area contributed by atoms with Gasteiger partial charge >= 0.3 is 0 Å². The van der Waals surface area contributed by atoms with Gasteiger partial charge in [0.1, 0.15) is 0 Å². The van der Waals surface area contributed by atoms with E-state index < -0.39 is 0 Å². The molecule has 0 bridgehead atoms. The number of hydrogen-bond donors (Lipinski definition) is 1. The summed E-state index contributed by atoms with van der Waals surface area (Å²) in [6.07, 6.45) is 0. The maximum absolute atomic E-state index is 4.54. The van der Waals surface area contributed by atoms with Gasteiger partial charge in [0.2, 0.25) is 0 Å². The molecule has 2 heterocycles. The maximum atomic E-state index is 4.54. The molecule has 0 aliphatic heterocycles. The van der Waals surface area contributed by atoms with Gasteiger partial charge in [-0.15, -0.1) is 11.3 Å². The lowest BCUT2D eigenvalue weighted by molar-refractivity contribution is 0.318. The van der Waals surface area contributed by atoms with Gasteiger partial charge in [0, 0.05) is 35.1 Å². The fourth-order valence-corrected chi connectivity index (χ4v) is 3.17. The van der Waals surface area contributed by atoms with Crippen LogP contribution in [0.4, 0.5) is 0 Å². The van der Waals surface area contributed by atoms with Crippen molar-refractivity contribution in [3.63, 3.8) is 0 Å². The van der Waals surface area contributed by atoms with Gasteiger partial charge in [-0.3, -0.25) is 9.88 Å². The van der Waals surface area contributed by atoms with Gasteiger partial charge in [-0.25, -0.2) is 0 Å². The molecule has 2 rings (SSSR count). The first-order chi connectivity index (χ1) is 9.17. The van der Waals surface area contributed by atoms with Gasteiger partial charge in [-0.05, 0) is 45.3 Å². The van der Waals surface area contributed by atoms with Gasteiger partial charge in [0.25, 0.3) is 0 Å². The lowest BCUT2D eigenvalue weighted by Gasteiger charge is -2.15. The first kappa shape index (κ1) is 14.2. The van der Waals surface area contributed by atoms with E-state index in [4.69, 9.17) is 0 Å². The molecule has 1 N–H and O–H groups in total. The predicted octanol–water partition coefficient (Wildman–Crippen LogP) is 2.80. The minimum Gasteiger partial charge on any atom is -0.315 e. The van der Waals surface area contributed by atoms with Gasteiger partial charge in [-0.1, -0.05) is 6.07 Å². The Balaban J connectivity index is 1.91. The van der Waals surface area contributed by atoms with E-state index in [9.17, 15) is 0 Å². The molecule has 0 aliphatic rings. The van der Waals surface area contributed by atoms with Crippen molar-refractivity contribution in [2.45, 2.75) is 26.6 Å². The molecule has 2 aromatic rings. The average Bonchev–Trinajstić information content (AvgIpc) is 2.77. The quantitative estimate of drug-likeness (QED) is 0.878. The number of rotatable bonds is 6. The Morgan fingerprint density at radius 3 is 2.68 bits per heavy atom. The summed E-state index contributed by atoms with van der Waals surface area (Å²) < 4.78 is 0. The Morgan fingerprint density at radius 1 is 1.16 bits per heavy atom. The number of aryl methyl sites for hydroxylation is 1. The van der Waals surface area contributed by atoms with Crippen molar-refractivity contribution in [1.82, 2.24) is 15.2 Å². The SMILES string of the molecule is CNCc1ccc(CN(C)Cc2cccc(C)n2)s1. The van der Waals surface area contributed by atoms with Crippen LogP contribution in [0.2, 0.25) is 0 Å². The number of aromatic nitrogens is 1. The highest BCUT2D eigenvalue weighted by molar-refractivity contribution is 7.11. The molecular weight excluding hydrogens is 254 g/mol. The second-order valence-corrected chi connectivity index (χ2v) is 6.09. The molecule has 0 saturated heterocycles. The van der Waals surface area contributed by atoms with Crippen LogP contribution in [-0.4, -0.2) is 24.0 Å². The first-order valence-electron chi connectivity index (χ1n) is 6.50. The molecule has 0 fully saturated rings. The summed E-state index contributed by atoms with van der Waals surface area (Å²) in [4.78, 5) is 9.64. The van der Waals surface area contributed by atoms with Crippen molar-refractivity contribution in [2.24, 2.45) is 0 Å². The van der Waals surface area contributed by atoms with E-state index in [-0.39, 0.29) is 0 Å². The summed E-state index contributed by atoms with van der Waals surface area (Å²) in [6, 6.07) is 10.6. The normalized spacial score (nSPS) is 11.2. The lowest BCUT2D eigenvalue weighted by Crippen LogP contribution is -2.17. The zero-order valence-corrected chi connectivity index (χ0v) is 12.6. The van der Waals surface area contributed by atoms with Crippen molar-refractivity contribution in [3.8, 4) is 0 Å². The van der Waals surface area contributed by atoms with Crippen LogP contribution in [-0.2, 0) is 19.6 Å². The van der Waals surface area contributed by atoms with Crippen molar-refractivity contribution >= 4 is 11.3 Å². The minimum atomic E-state index is 0.890. The van der Waals surface area contributed by atoms with Crippen molar-refractivity contribution in [1.29, 1.82) is 0 Å².